The fraction of sp³-hybridized carbons (Fsp3) is 0.923. The molecular formula is C13H21F2NO3. The van der Waals surface area contributed by atoms with E-state index in [1.54, 1.807) is 0 Å². The monoisotopic (exact) mass is 277 g/mol. The smallest absolute Gasteiger partial charge is 0.377 e. The molecule has 2 aliphatic rings. The summed E-state index contributed by atoms with van der Waals surface area (Å²) in [6.45, 7) is 1.13. The second-order valence-electron chi connectivity index (χ2n) is 5.58. The van der Waals surface area contributed by atoms with Gasteiger partial charge in [-0.3, -0.25) is 0 Å². The number of halogens is 2. The first kappa shape index (κ1) is 14.7. The first-order valence-electron chi connectivity index (χ1n) is 6.93. The average Bonchev–Trinajstić information content (AvgIpc) is 2.63. The highest BCUT2D eigenvalue weighted by Crippen LogP contribution is 2.31. The summed E-state index contributed by atoms with van der Waals surface area (Å²) in [5, 5.41) is 12.4. The standard InChI is InChI=1S/C13H21F2NO3/c14-13(15)5-11(19-12(13)18)7-16-6-9-3-1-2-4-10(9)8-17/h9-11,16-17H,1-8H2. The Morgan fingerprint density at radius 3 is 2.53 bits per heavy atom. The molecule has 1 aliphatic carbocycles. The SMILES string of the molecule is O=C1OC(CNCC2CCCCC2CO)CC1(F)F. The van der Waals surface area contributed by atoms with Gasteiger partial charge < -0.3 is 15.2 Å². The predicted octanol–water partition coefficient (Wildman–Crippen LogP) is 1.33. The van der Waals surface area contributed by atoms with Crippen molar-refractivity contribution in [3.63, 3.8) is 0 Å². The van der Waals surface area contributed by atoms with E-state index in [2.05, 4.69) is 10.1 Å². The highest BCUT2D eigenvalue weighted by Gasteiger charge is 2.50. The van der Waals surface area contributed by atoms with Crippen molar-refractivity contribution in [2.45, 2.75) is 44.1 Å². The summed E-state index contributed by atoms with van der Waals surface area (Å²) in [7, 11) is 0. The van der Waals surface area contributed by atoms with Crippen molar-refractivity contribution >= 4 is 5.97 Å². The minimum absolute atomic E-state index is 0.183. The van der Waals surface area contributed by atoms with E-state index < -0.39 is 24.4 Å². The van der Waals surface area contributed by atoms with Crippen LogP contribution in [0, 0.1) is 11.8 Å². The third-order valence-electron chi connectivity index (χ3n) is 4.14. The summed E-state index contributed by atoms with van der Waals surface area (Å²) < 4.78 is 30.5. The summed E-state index contributed by atoms with van der Waals surface area (Å²) in [6, 6.07) is 0. The molecule has 0 spiro atoms. The Hall–Kier alpha value is -0.750. The van der Waals surface area contributed by atoms with E-state index in [1.807, 2.05) is 0 Å². The van der Waals surface area contributed by atoms with Crippen molar-refractivity contribution < 1.29 is 23.4 Å². The van der Waals surface area contributed by atoms with Gasteiger partial charge in [-0.2, -0.15) is 8.78 Å². The zero-order chi connectivity index (χ0) is 13.9. The van der Waals surface area contributed by atoms with Crippen LogP contribution in [0.25, 0.3) is 0 Å². The predicted molar refractivity (Wildman–Crippen MR) is 64.8 cm³/mol. The van der Waals surface area contributed by atoms with E-state index in [1.165, 1.54) is 0 Å². The van der Waals surface area contributed by atoms with Gasteiger partial charge in [-0.05, 0) is 31.2 Å². The summed E-state index contributed by atoms with van der Waals surface area (Å²) in [5.74, 6) is -4.06. The maximum atomic E-state index is 13.0. The molecule has 0 radical (unpaired) electrons. The molecule has 1 heterocycles. The number of hydrogen-bond donors (Lipinski definition) is 2. The number of cyclic esters (lactones) is 1. The molecule has 2 fully saturated rings. The highest BCUT2D eigenvalue weighted by molar-refractivity contribution is 5.79. The van der Waals surface area contributed by atoms with Gasteiger partial charge in [0.15, 0.2) is 0 Å². The Morgan fingerprint density at radius 1 is 1.26 bits per heavy atom. The van der Waals surface area contributed by atoms with Gasteiger partial charge in [0.25, 0.3) is 0 Å². The molecule has 0 bridgehead atoms. The first-order valence-corrected chi connectivity index (χ1v) is 6.93. The molecule has 0 aromatic heterocycles. The van der Waals surface area contributed by atoms with Crippen LogP contribution < -0.4 is 5.32 Å². The molecule has 0 aromatic rings. The second kappa shape index (κ2) is 6.13. The first-order chi connectivity index (χ1) is 9.03. The molecule has 19 heavy (non-hydrogen) atoms. The lowest BCUT2D eigenvalue weighted by Gasteiger charge is -2.30. The number of aliphatic hydroxyl groups is 1. The maximum absolute atomic E-state index is 13.0. The second-order valence-corrected chi connectivity index (χ2v) is 5.58. The van der Waals surface area contributed by atoms with Crippen molar-refractivity contribution in [2.24, 2.45) is 11.8 Å². The zero-order valence-electron chi connectivity index (χ0n) is 10.9. The lowest BCUT2D eigenvalue weighted by molar-refractivity contribution is -0.159. The molecular weight excluding hydrogens is 256 g/mol. The van der Waals surface area contributed by atoms with Crippen molar-refractivity contribution in [3.8, 4) is 0 Å². The van der Waals surface area contributed by atoms with Crippen molar-refractivity contribution in [1.82, 2.24) is 5.32 Å². The van der Waals surface area contributed by atoms with Gasteiger partial charge in [-0.25, -0.2) is 4.79 Å². The number of rotatable bonds is 5. The van der Waals surface area contributed by atoms with E-state index >= 15 is 0 Å². The van der Waals surface area contributed by atoms with Crippen molar-refractivity contribution in [3.05, 3.63) is 0 Å². The van der Waals surface area contributed by atoms with E-state index in [-0.39, 0.29) is 13.2 Å². The molecule has 110 valence electrons. The molecule has 1 aliphatic heterocycles. The topological polar surface area (TPSA) is 58.6 Å². The van der Waals surface area contributed by atoms with Crippen LogP contribution in [0.4, 0.5) is 8.78 Å². The third-order valence-corrected chi connectivity index (χ3v) is 4.14. The van der Waals surface area contributed by atoms with Gasteiger partial charge in [-0.15, -0.1) is 0 Å². The number of carbonyl (C=O) groups excluding carboxylic acids is 1. The number of nitrogens with one attached hydrogen (secondary N) is 1. The number of aliphatic hydroxyl groups excluding tert-OH is 1. The highest BCUT2D eigenvalue weighted by atomic mass is 19.3. The Bertz CT molecular complexity index is 325. The quantitative estimate of drug-likeness (QED) is 0.744. The minimum Gasteiger partial charge on any atom is -0.456 e. The molecule has 0 aromatic carbocycles. The Labute approximate surface area is 111 Å². The molecule has 2 rings (SSSR count). The van der Waals surface area contributed by atoms with Crippen LogP contribution in [0.1, 0.15) is 32.1 Å². The van der Waals surface area contributed by atoms with Crippen LogP contribution in [0.3, 0.4) is 0 Å². The molecule has 1 saturated heterocycles. The van der Waals surface area contributed by atoms with E-state index in [9.17, 15) is 18.7 Å². The molecule has 2 N–H and O–H groups in total. The van der Waals surface area contributed by atoms with Gasteiger partial charge in [0.2, 0.25) is 0 Å². The molecule has 0 amide bonds. The van der Waals surface area contributed by atoms with Crippen LogP contribution in [-0.2, 0) is 9.53 Å². The molecule has 3 unspecified atom stereocenters. The van der Waals surface area contributed by atoms with Crippen LogP contribution in [0.2, 0.25) is 0 Å². The van der Waals surface area contributed by atoms with Gasteiger partial charge in [-0.1, -0.05) is 12.8 Å². The van der Waals surface area contributed by atoms with Crippen LogP contribution >= 0.6 is 0 Å². The number of carbonyl (C=O) groups is 1. The zero-order valence-corrected chi connectivity index (χ0v) is 10.9. The van der Waals surface area contributed by atoms with Gasteiger partial charge in [0.1, 0.15) is 6.10 Å². The number of hydrogen-bond acceptors (Lipinski definition) is 4. The number of esters is 1. The molecule has 1 saturated carbocycles. The molecule has 4 nitrogen and oxygen atoms in total. The Kier molecular flexibility index (Phi) is 4.73. The number of ether oxygens (including phenoxy) is 1. The van der Waals surface area contributed by atoms with Crippen molar-refractivity contribution in [2.75, 3.05) is 19.7 Å². The number of alkyl halides is 2. The van der Waals surface area contributed by atoms with E-state index in [0.29, 0.717) is 18.4 Å². The lowest BCUT2D eigenvalue weighted by atomic mass is 9.79. The minimum atomic E-state index is -3.33. The van der Waals surface area contributed by atoms with Crippen LogP contribution in [0.15, 0.2) is 0 Å². The molecule has 3 atom stereocenters. The van der Waals surface area contributed by atoms with Crippen molar-refractivity contribution in [1.29, 1.82) is 0 Å². The van der Waals surface area contributed by atoms with Crippen LogP contribution in [-0.4, -0.2) is 42.8 Å². The normalized spacial score (nSPS) is 34.3. The molecule has 6 heteroatoms. The summed E-state index contributed by atoms with van der Waals surface area (Å²) >= 11 is 0. The largest absolute Gasteiger partial charge is 0.456 e. The summed E-state index contributed by atoms with van der Waals surface area (Å²) in [6.07, 6.45) is 3.11. The van der Waals surface area contributed by atoms with Gasteiger partial charge >= 0.3 is 11.9 Å². The van der Waals surface area contributed by atoms with E-state index in [4.69, 9.17) is 0 Å². The Balaban J connectivity index is 1.70. The Morgan fingerprint density at radius 2 is 1.95 bits per heavy atom. The lowest BCUT2D eigenvalue weighted by Crippen LogP contribution is -2.36. The fourth-order valence-electron chi connectivity index (χ4n) is 2.99. The van der Waals surface area contributed by atoms with Gasteiger partial charge in [0, 0.05) is 13.2 Å². The average molecular weight is 277 g/mol. The van der Waals surface area contributed by atoms with Gasteiger partial charge in [0.05, 0.1) is 6.42 Å². The van der Waals surface area contributed by atoms with E-state index in [0.717, 1.165) is 25.7 Å². The maximum Gasteiger partial charge on any atom is 0.377 e. The summed E-state index contributed by atoms with van der Waals surface area (Å²) in [4.78, 5) is 10.8. The van der Waals surface area contributed by atoms with Crippen LogP contribution in [0.5, 0.6) is 0 Å². The summed E-state index contributed by atoms with van der Waals surface area (Å²) in [5.41, 5.74) is 0. The third kappa shape index (κ3) is 3.63. The fourth-order valence-corrected chi connectivity index (χ4v) is 2.99.